The van der Waals surface area contributed by atoms with Gasteiger partial charge in [0.25, 0.3) is 5.91 Å². The van der Waals surface area contributed by atoms with Gasteiger partial charge < -0.3 is 9.84 Å². The number of ketones is 1. The van der Waals surface area contributed by atoms with Gasteiger partial charge in [-0.25, -0.2) is 8.78 Å². The Morgan fingerprint density at radius 1 is 1.14 bits per heavy atom. The van der Waals surface area contributed by atoms with Gasteiger partial charge in [0, 0.05) is 18.2 Å². The van der Waals surface area contributed by atoms with Gasteiger partial charge in [0.2, 0.25) is 0 Å². The first-order valence-corrected chi connectivity index (χ1v) is 8.86. The number of aliphatic hydroxyl groups is 1. The second-order valence-corrected chi connectivity index (χ2v) is 6.22. The van der Waals surface area contributed by atoms with E-state index >= 15 is 0 Å². The lowest BCUT2D eigenvalue weighted by Crippen LogP contribution is -2.31. The Morgan fingerprint density at radius 2 is 1.89 bits per heavy atom. The molecule has 1 unspecified atom stereocenters. The number of ether oxygens (including phenoxy) is 1. The van der Waals surface area contributed by atoms with E-state index in [9.17, 15) is 23.5 Å². The Balaban J connectivity index is 2.18. The molecule has 1 N–H and O–H groups in total. The number of anilines is 1. The number of carbonyl (C=O) groups excluding carboxylic acids is 2. The fourth-order valence-electron chi connectivity index (χ4n) is 3.24. The lowest BCUT2D eigenvalue weighted by atomic mass is 9.94. The molecule has 0 saturated carbocycles. The van der Waals surface area contributed by atoms with Gasteiger partial charge in [-0.1, -0.05) is 19.1 Å². The molecule has 0 bridgehead atoms. The zero-order valence-electron chi connectivity index (χ0n) is 15.4. The Kier molecular flexibility index (Phi) is 5.44. The fraction of sp³-hybridized carbons (Fsp3) is 0.238. The molecule has 0 spiro atoms. The summed E-state index contributed by atoms with van der Waals surface area (Å²) in [6.07, 6.45) is 0.0694. The minimum Gasteiger partial charge on any atom is -0.503 e. The maximum absolute atomic E-state index is 13.8. The van der Waals surface area contributed by atoms with Crippen molar-refractivity contribution in [2.24, 2.45) is 0 Å². The number of aliphatic hydroxyl groups excluding tert-OH is 1. The van der Waals surface area contributed by atoms with Gasteiger partial charge in [-0.2, -0.15) is 0 Å². The van der Waals surface area contributed by atoms with Crippen LogP contribution in [0.1, 0.15) is 31.9 Å². The highest BCUT2D eigenvalue weighted by atomic mass is 19.2. The highest BCUT2D eigenvalue weighted by Crippen LogP contribution is 2.42. The van der Waals surface area contributed by atoms with Gasteiger partial charge in [0.05, 0.1) is 18.2 Å². The third-order valence-electron chi connectivity index (χ3n) is 4.50. The first kappa shape index (κ1) is 19.5. The van der Waals surface area contributed by atoms with E-state index in [2.05, 4.69) is 0 Å². The Bertz CT molecular complexity index is 971. The number of amides is 1. The van der Waals surface area contributed by atoms with E-state index < -0.39 is 35.1 Å². The fourth-order valence-corrected chi connectivity index (χ4v) is 3.24. The van der Waals surface area contributed by atoms with E-state index in [4.69, 9.17) is 4.74 Å². The average Bonchev–Trinajstić information content (AvgIpc) is 2.95. The van der Waals surface area contributed by atoms with Crippen molar-refractivity contribution in [1.82, 2.24) is 0 Å². The molecule has 1 aliphatic heterocycles. The van der Waals surface area contributed by atoms with Gasteiger partial charge in [-0.05, 0) is 36.8 Å². The summed E-state index contributed by atoms with van der Waals surface area (Å²) in [5.74, 6) is -3.64. The highest BCUT2D eigenvalue weighted by Gasteiger charge is 2.44. The third kappa shape index (κ3) is 3.35. The van der Waals surface area contributed by atoms with Crippen LogP contribution in [0.4, 0.5) is 14.5 Å². The van der Waals surface area contributed by atoms with E-state index in [0.717, 1.165) is 17.0 Å². The molecule has 2 aromatic rings. The normalized spacial score (nSPS) is 16.6. The molecule has 146 valence electrons. The number of hydrogen-bond acceptors (Lipinski definition) is 4. The molecule has 0 saturated heterocycles. The van der Waals surface area contributed by atoms with E-state index in [1.807, 2.05) is 6.92 Å². The van der Waals surface area contributed by atoms with E-state index in [0.29, 0.717) is 17.9 Å². The standard InChI is InChI=1S/C21H19F2NO4/c1-3-17(25)18-19(12-6-5-7-14(10-12)28-4-2)24(21(27)20(18)26)13-8-9-15(22)16(23)11-13/h5-11,19,26H,3-4H2,1-2H3. The summed E-state index contributed by atoms with van der Waals surface area (Å²) in [6.45, 7) is 3.85. The summed E-state index contributed by atoms with van der Waals surface area (Å²) >= 11 is 0. The summed E-state index contributed by atoms with van der Waals surface area (Å²) in [4.78, 5) is 26.3. The Morgan fingerprint density at radius 3 is 2.54 bits per heavy atom. The SMILES string of the molecule is CCOc1cccc(C2C(C(=O)CC)=C(O)C(=O)N2c2ccc(F)c(F)c2)c1. The number of hydrogen-bond donors (Lipinski definition) is 1. The van der Waals surface area contributed by atoms with Gasteiger partial charge in [0.15, 0.2) is 23.2 Å². The molecule has 0 aliphatic carbocycles. The van der Waals surface area contributed by atoms with Crippen LogP contribution in [0.5, 0.6) is 5.75 Å². The molecule has 0 fully saturated rings. The molecule has 1 heterocycles. The molecule has 28 heavy (non-hydrogen) atoms. The molecule has 0 radical (unpaired) electrons. The van der Waals surface area contributed by atoms with Gasteiger partial charge in [-0.15, -0.1) is 0 Å². The van der Waals surface area contributed by atoms with Crippen LogP contribution in [0.15, 0.2) is 53.8 Å². The van der Waals surface area contributed by atoms with Gasteiger partial charge in [0.1, 0.15) is 5.75 Å². The lowest BCUT2D eigenvalue weighted by Gasteiger charge is -2.27. The largest absolute Gasteiger partial charge is 0.503 e. The number of carbonyl (C=O) groups is 2. The number of rotatable bonds is 6. The first-order chi connectivity index (χ1) is 13.4. The van der Waals surface area contributed by atoms with Crippen molar-refractivity contribution < 1.29 is 28.2 Å². The Hall–Kier alpha value is -3.22. The summed E-state index contributed by atoms with van der Waals surface area (Å²) in [7, 11) is 0. The summed E-state index contributed by atoms with van der Waals surface area (Å²) in [5, 5.41) is 10.4. The summed E-state index contributed by atoms with van der Waals surface area (Å²) in [5.41, 5.74) is 0.455. The van der Waals surface area contributed by atoms with Crippen molar-refractivity contribution in [3.63, 3.8) is 0 Å². The van der Waals surface area contributed by atoms with E-state index in [1.165, 1.54) is 6.07 Å². The zero-order valence-corrected chi connectivity index (χ0v) is 15.4. The van der Waals surface area contributed by atoms with Crippen molar-refractivity contribution in [2.75, 3.05) is 11.5 Å². The monoisotopic (exact) mass is 387 g/mol. The van der Waals surface area contributed by atoms with Crippen molar-refractivity contribution in [2.45, 2.75) is 26.3 Å². The molecule has 1 aliphatic rings. The quantitative estimate of drug-likeness (QED) is 0.805. The second-order valence-electron chi connectivity index (χ2n) is 6.22. The molecule has 0 aromatic heterocycles. The number of nitrogens with zero attached hydrogens (tertiary/aromatic N) is 1. The Labute approximate surface area is 160 Å². The minimum atomic E-state index is -1.14. The summed E-state index contributed by atoms with van der Waals surface area (Å²) in [6, 6.07) is 8.73. The number of benzene rings is 2. The van der Waals surface area contributed by atoms with Crippen molar-refractivity contribution in [1.29, 1.82) is 0 Å². The molecule has 5 nitrogen and oxygen atoms in total. The third-order valence-corrected chi connectivity index (χ3v) is 4.50. The minimum absolute atomic E-state index is 0.0289. The van der Waals surface area contributed by atoms with Crippen LogP contribution in [0.3, 0.4) is 0 Å². The number of Topliss-reactive ketones (excluding diaryl/α,β-unsaturated/α-hetero) is 1. The molecular formula is C21H19F2NO4. The van der Waals surface area contributed by atoms with Crippen molar-refractivity contribution >= 4 is 17.4 Å². The van der Waals surface area contributed by atoms with Crippen molar-refractivity contribution in [3.8, 4) is 5.75 Å². The molecule has 7 heteroatoms. The number of halogens is 2. The van der Waals surface area contributed by atoms with Gasteiger partial charge >= 0.3 is 0 Å². The first-order valence-electron chi connectivity index (χ1n) is 8.86. The maximum Gasteiger partial charge on any atom is 0.294 e. The van der Waals surface area contributed by atoms with E-state index in [1.54, 1.807) is 31.2 Å². The smallest absolute Gasteiger partial charge is 0.294 e. The maximum atomic E-state index is 13.8. The average molecular weight is 387 g/mol. The van der Waals surface area contributed by atoms with Gasteiger partial charge in [-0.3, -0.25) is 14.5 Å². The molecule has 1 atom stereocenters. The molecular weight excluding hydrogens is 368 g/mol. The topological polar surface area (TPSA) is 66.8 Å². The van der Waals surface area contributed by atoms with Crippen LogP contribution in [0, 0.1) is 11.6 Å². The van der Waals surface area contributed by atoms with Crippen LogP contribution >= 0.6 is 0 Å². The summed E-state index contributed by atoms with van der Waals surface area (Å²) < 4.78 is 32.6. The van der Waals surface area contributed by atoms with Crippen LogP contribution in [0.25, 0.3) is 0 Å². The second kappa shape index (κ2) is 7.80. The predicted molar refractivity (Wildman–Crippen MR) is 99.1 cm³/mol. The molecule has 2 aromatic carbocycles. The van der Waals surface area contributed by atoms with Crippen LogP contribution in [-0.4, -0.2) is 23.4 Å². The zero-order chi connectivity index (χ0) is 20.4. The van der Waals surface area contributed by atoms with Crippen molar-refractivity contribution in [3.05, 3.63) is 71.0 Å². The lowest BCUT2D eigenvalue weighted by molar-refractivity contribution is -0.118. The van der Waals surface area contributed by atoms with Crippen LogP contribution < -0.4 is 9.64 Å². The predicted octanol–water partition coefficient (Wildman–Crippen LogP) is 4.24. The van der Waals surface area contributed by atoms with Crippen LogP contribution in [-0.2, 0) is 9.59 Å². The van der Waals surface area contributed by atoms with E-state index in [-0.39, 0.29) is 17.7 Å². The van der Waals surface area contributed by atoms with Crippen LogP contribution in [0.2, 0.25) is 0 Å². The molecule has 3 rings (SSSR count). The highest BCUT2D eigenvalue weighted by molar-refractivity contribution is 6.16. The molecule has 1 amide bonds.